The van der Waals surface area contributed by atoms with Crippen molar-refractivity contribution >= 4 is 0 Å². The first-order valence-corrected chi connectivity index (χ1v) is 12.3. The van der Waals surface area contributed by atoms with Crippen LogP contribution < -0.4 is 10.3 Å². The molecule has 0 radical (unpaired) electrons. The van der Waals surface area contributed by atoms with Crippen LogP contribution in [0.25, 0.3) is 11.1 Å². The molecule has 3 heteroatoms. The van der Waals surface area contributed by atoms with E-state index >= 15 is 0 Å². The second kappa shape index (κ2) is 10.6. The largest absolute Gasteiger partial charge is 0.488 e. The molecule has 0 N–H and O–H groups in total. The second-order valence-corrected chi connectivity index (χ2v) is 9.20. The van der Waals surface area contributed by atoms with Gasteiger partial charge in [0.2, 0.25) is 0 Å². The molecule has 4 aromatic rings. The van der Waals surface area contributed by atoms with E-state index < -0.39 is 0 Å². The standard InChI is InChI=1S/C31H31NO2/c33-31-30(28-18-16-27(17-19-28)26-14-8-3-9-15-26)29(34-23-25-12-6-2-7-13-25)20-21-32(31)22-24-10-4-1-5-11-24/h1-2,4-7,10-13,16-21,26H,3,8-9,14-15,22-23H2. The van der Waals surface area contributed by atoms with Gasteiger partial charge in [-0.15, -0.1) is 0 Å². The Kier molecular flexibility index (Phi) is 6.90. The Morgan fingerprint density at radius 1 is 0.735 bits per heavy atom. The smallest absolute Gasteiger partial charge is 0.262 e. The van der Waals surface area contributed by atoms with E-state index in [0.717, 1.165) is 16.7 Å². The molecule has 0 bridgehead atoms. The van der Waals surface area contributed by atoms with Crippen molar-refractivity contribution in [3.63, 3.8) is 0 Å². The predicted octanol–water partition coefficient (Wildman–Crippen LogP) is 7.19. The molecular weight excluding hydrogens is 418 g/mol. The van der Waals surface area contributed by atoms with Crippen LogP contribution in [0.1, 0.15) is 54.7 Å². The summed E-state index contributed by atoms with van der Waals surface area (Å²) in [6.07, 6.45) is 8.34. The van der Waals surface area contributed by atoms with Crippen molar-refractivity contribution in [3.8, 4) is 16.9 Å². The summed E-state index contributed by atoms with van der Waals surface area (Å²) in [6, 6.07) is 30.7. The molecule has 0 spiro atoms. The number of rotatable bonds is 7. The highest BCUT2D eigenvalue weighted by Gasteiger charge is 2.18. The number of aromatic nitrogens is 1. The van der Waals surface area contributed by atoms with Gasteiger partial charge in [-0.25, -0.2) is 0 Å². The van der Waals surface area contributed by atoms with Gasteiger partial charge in [0.15, 0.2) is 0 Å². The van der Waals surface area contributed by atoms with Crippen molar-refractivity contribution < 1.29 is 4.74 Å². The molecule has 0 amide bonds. The molecule has 1 saturated carbocycles. The van der Waals surface area contributed by atoms with Crippen molar-refractivity contribution in [1.29, 1.82) is 0 Å². The zero-order valence-corrected chi connectivity index (χ0v) is 19.5. The van der Waals surface area contributed by atoms with Crippen molar-refractivity contribution in [2.75, 3.05) is 0 Å². The van der Waals surface area contributed by atoms with Crippen LogP contribution in [-0.4, -0.2) is 4.57 Å². The van der Waals surface area contributed by atoms with Crippen LogP contribution in [0.4, 0.5) is 0 Å². The molecule has 0 atom stereocenters. The van der Waals surface area contributed by atoms with Crippen LogP contribution in [0, 0.1) is 0 Å². The van der Waals surface area contributed by atoms with Gasteiger partial charge in [-0.1, -0.05) is 104 Å². The normalized spacial score (nSPS) is 14.1. The van der Waals surface area contributed by atoms with E-state index in [9.17, 15) is 4.79 Å². The molecular formula is C31H31NO2. The number of pyridine rings is 1. The van der Waals surface area contributed by atoms with Gasteiger partial charge in [0.25, 0.3) is 5.56 Å². The molecule has 1 aliphatic carbocycles. The lowest BCUT2D eigenvalue weighted by atomic mass is 9.84. The van der Waals surface area contributed by atoms with Crippen LogP contribution in [0.15, 0.2) is 102 Å². The summed E-state index contributed by atoms with van der Waals surface area (Å²) in [6.45, 7) is 0.960. The summed E-state index contributed by atoms with van der Waals surface area (Å²) in [5, 5.41) is 0. The fourth-order valence-electron chi connectivity index (χ4n) is 4.94. The topological polar surface area (TPSA) is 31.2 Å². The molecule has 3 aromatic carbocycles. The number of hydrogen-bond donors (Lipinski definition) is 0. The van der Waals surface area contributed by atoms with E-state index in [1.807, 2.05) is 72.9 Å². The van der Waals surface area contributed by atoms with Gasteiger partial charge in [-0.05, 0) is 47.1 Å². The third-order valence-corrected chi connectivity index (χ3v) is 6.84. The minimum Gasteiger partial charge on any atom is -0.488 e. The van der Waals surface area contributed by atoms with Crippen LogP contribution in [0.2, 0.25) is 0 Å². The van der Waals surface area contributed by atoms with Crippen molar-refractivity contribution in [2.45, 2.75) is 51.2 Å². The number of benzene rings is 3. The Bertz CT molecular complexity index is 1250. The lowest BCUT2D eigenvalue weighted by Crippen LogP contribution is -2.22. The molecule has 1 fully saturated rings. The lowest BCUT2D eigenvalue weighted by molar-refractivity contribution is 0.306. The summed E-state index contributed by atoms with van der Waals surface area (Å²) in [5.74, 6) is 1.27. The summed E-state index contributed by atoms with van der Waals surface area (Å²) >= 11 is 0. The summed E-state index contributed by atoms with van der Waals surface area (Å²) in [7, 11) is 0. The number of hydrogen-bond acceptors (Lipinski definition) is 2. The molecule has 34 heavy (non-hydrogen) atoms. The minimum atomic E-state index is -0.0279. The quantitative estimate of drug-likeness (QED) is 0.299. The molecule has 0 unspecified atom stereocenters. The molecule has 1 aliphatic rings. The van der Waals surface area contributed by atoms with Gasteiger partial charge >= 0.3 is 0 Å². The summed E-state index contributed by atoms with van der Waals surface area (Å²) in [5.41, 5.74) is 5.07. The second-order valence-electron chi connectivity index (χ2n) is 9.20. The van der Waals surface area contributed by atoms with E-state index in [-0.39, 0.29) is 5.56 Å². The first-order chi connectivity index (χ1) is 16.8. The Hall–Kier alpha value is -3.59. The van der Waals surface area contributed by atoms with Gasteiger partial charge in [-0.2, -0.15) is 0 Å². The molecule has 172 valence electrons. The van der Waals surface area contributed by atoms with Crippen LogP contribution in [0.5, 0.6) is 5.75 Å². The number of nitrogens with zero attached hydrogens (tertiary/aromatic N) is 1. The third-order valence-electron chi connectivity index (χ3n) is 6.84. The highest BCUT2D eigenvalue weighted by molar-refractivity contribution is 5.69. The van der Waals surface area contributed by atoms with Gasteiger partial charge < -0.3 is 9.30 Å². The van der Waals surface area contributed by atoms with E-state index in [4.69, 9.17) is 4.74 Å². The maximum Gasteiger partial charge on any atom is 0.262 e. The first-order valence-electron chi connectivity index (χ1n) is 12.3. The number of ether oxygens (including phenoxy) is 1. The lowest BCUT2D eigenvalue weighted by Gasteiger charge is -2.22. The third kappa shape index (κ3) is 5.14. The summed E-state index contributed by atoms with van der Waals surface area (Å²) < 4.78 is 7.97. The molecule has 0 aliphatic heterocycles. The Labute approximate surface area is 201 Å². The minimum absolute atomic E-state index is 0.0279. The van der Waals surface area contributed by atoms with Crippen LogP contribution in [-0.2, 0) is 13.2 Å². The van der Waals surface area contributed by atoms with Crippen LogP contribution >= 0.6 is 0 Å². The van der Waals surface area contributed by atoms with E-state index in [2.05, 4.69) is 24.3 Å². The van der Waals surface area contributed by atoms with Crippen molar-refractivity contribution in [3.05, 3.63) is 124 Å². The molecule has 5 rings (SSSR count). The van der Waals surface area contributed by atoms with E-state index in [1.54, 1.807) is 4.57 Å². The average molecular weight is 450 g/mol. The zero-order valence-electron chi connectivity index (χ0n) is 19.5. The van der Waals surface area contributed by atoms with Gasteiger partial charge in [-0.3, -0.25) is 4.79 Å². The molecule has 1 aromatic heterocycles. The monoisotopic (exact) mass is 449 g/mol. The Morgan fingerprint density at radius 3 is 2.06 bits per heavy atom. The van der Waals surface area contributed by atoms with Gasteiger partial charge in [0.05, 0.1) is 12.1 Å². The van der Waals surface area contributed by atoms with Crippen molar-refractivity contribution in [2.24, 2.45) is 0 Å². The fourth-order valence-corrected chi connectivity index (χ4v) is 4.94. The van der Waals surface area contributed by atoms with Gasteiger partial charge in [0.1, 0.15) is 12.4 Å². The molecule has 3 nitrogen and oxygen atoms in total. The average Bonchev–Trinajstić information content (AvgIpc) is 2.91. The zero-order chi connectivity index (χ0) is 23.2. The maximum absolute atomic E-state index is 13.7. The van der Waals surface area contributed by atoms with Crippen molar-refractivity contribution in [1.82, 2.24) is 4.57 Å². The molecule has 0 saturated heterocycles. The van der Waals surface area contributed by atoms with E-state index in [0.29, 0.717) is 30.4 Å². The van der Waals surface area contributed by atoms with Crippen LogP contribution in [0.3, 0.4) is 0 Å². The Balaban J connectivity index is 1.48. The van der Waals surface area contributed by atoms with Gasteiger partial charge in [0, 0.05) is 6.20 Å². The summed E-state index contributed by atoms with van der Waals surface area (Å²) in [4.78, 5) is 13.7. The highest BCUT2D eigenvalue weighted by atomic mass is 16.5. The first kappa shape index (κ1) is 22.2. The Morgan fingerprint density at radius 2 is 1.38 bits per heavy atom. The SMILES string of the molecule is O=c1c(-c2ccc(C3CCCCC3)cc2)c(OCc2ccccc2)ccn1Cc1ccccc1. The molecule has 1 heterocycles. The van der Waals surface area contributed by atoms with E-state index in [1.165, 1.54) is 37.7 Å². The predicted molar refractivity (Wildman–Crippen MR) is 138 cm³/mol. The highest BCUT2D eigenvalue weighted by Crippen LogP contribution is 2.34. The fraction of sp³-hybridized carbons (Fsp3) is 0.258. The maximum atomic E-state index is 13.7.